The highest BCUT2D eigenvalue weighted by Crippen LogP contribution is 2.25. The van der Waals surface area contributed by atoms with Gasteiger partial charge >= 0.3 is 0 Å². The molecule has 43 heavy (non-hydrogen) atoms. The minimum absolute atomic E-state index is 0.0297. The van der Waals surface area contributed by atoms with E-state index >= 15 is 0 Å². The van der Waals surface area contributed by atoms with E-state index in [0.717, 1.165) is 75.3 Å². The fraction of sp³-hybridized carbons (Fsp3) is 0.647. The first-order chi connectivity index (χ1) is 20.6. The summed E-state index contributed by atoms with van der Waals surface area (Å²) in [6, 6.07) is 5.76. The standard InChI is InChI=1S/C34H50N6O3/c1-24(2)12-19-37(20-13-25(3)4)32(42)27-10-11-30-31(22-27)39(18-9-17-36-15-7-6-8-16-36)34-35-29-14-21-38(26(5)41)23-28(29)33(43)40(30)34/h10-11,22,24-25H,6-9,12-21,23H2,1-5H3. The molecule has 1 fully saturated rings. The molecule has 1 aromatic carbocycles. The Morgan fingerprint density at radius 1 is 0.930 bits per heavy atom. The molecule has 0 atom stereocenters. The van der Waals surface area contributed by atoms with Crippen molar-refractivity contribution < 1.29 is 9.59 Å². The maximum atomic E-state index is 14.0. The van der Waals surface area contributed by atoms with Crippen molar-refractivity contribution in [3.05, 3.63) is 45.4 Å². The second-order valence-electron chi connectivity index (χ2n) is 13.4. The van der Waals surface area contributed by atoms with Gasteiger partial charge in [0.2, 0.25) is 11.7 Å². The van der Waals surface area contributed by atoms with Gasteiger partial charge < -0.3 is 19.3 Å². The predicted octanol–water partition coefficient (Wildman–Crippen LogP) is 4.96. The first kappa shape index (κ1) is 31.2. The van der Waals surface area contributed by atoms with E-state index in [1.807, 2.05) is 23.1 Å². The van der Waals surface area contributed by atoms with Crippen molar-refractivity contribution in [2.24, 2.45) is 11.8 Å². The van der Waals surface area contributed by atoms with Crippen LogP contribution in [0.1, 0.15) is 94.8 Å². The molecule has 2 aliphatic rings. The summed E-state index contributed by atoms with van der Waals surface area (Å²) in [5.41, 5.74) is 3.56. The number of amides is 2. The lowest BCUT2D eigenvalue weighted by Gasteiger charge is -2.27. The second-order valence-corrected chi connectivity index (χ2v) is 13.4. The molecule has 2 aliphatic heterocycles. The number of rotatable bonds is 11. The number of imidazole rings is 1. The van der Waals surface area contributed by atoms with Gasteiger partial charge in [0, 0.05) is 45.1 Å². The summed E-state index contributed by atoms with van der Waals surface area (Å²) in [7, 11) is 0. The number of benzene rings is 1. The van der Waals surface area contributed by atoms with E-state index in [4.69, 9.17) is 4.98 Å². The van der Waals surface area contributed by atoms with Crippen LogP contribution >= 0.6 is 0 Å². The second kappa shape index (κ2) is 13.6. The molecule has 0 radical (unpaired) electrons. The molecule has 0 spiro atoms. The third-order valence-corrected chi connectivity index (χ3v) is 9.20. The Kier molecular flexibility index (Phi) is 9.89. The largest absolute Gasteiger partial charge is 0.339 e. The topological polar surface area (TPSA) is 83.2 Å². The summed E-state index contributed by atoms with van der Waals surface area (Å²) >= 11 is 0. The number of aromatic nitrogens is 3. The van der Waals surface area contributed by atoms with Crippen molar-refractivity contribution in [2.75, 3.05) is 39.3 Å². The molecule has 3 aromatic rings. The van der Waals surface area contributed by atoms with Crippen LogP contribution in [-0.4, -0.2) is 79.7 Å². The van der Waals surface area contributed by atoms with Gasteiger partial charge in [0.05, 0.1) is 28.8 Å². The number of hydrogen-bond donors (Lipinski definition) is 0. The van der Waals surface area contributed by atoms with Gasteiger partial charge in [-0.3, -0.25) is 14.4 Å². The van der Waals surface area contributed by atoms with Gasteiger partial charge in [0.25, 0.3) is 11.5 Å². The average molecular weight is 591 g/mol. The van der Waals surface area contributed by atoms with E-state index in [1.54, 1.807) is 16.2 Å². The molecule has 2 aromatic heterocycles. The minimum Gasteiger partial charge on any atom is -0.339 e. The molecule has 0 aliphatic carbocycles. The summed E-state index contributed by atoms with van der Waals surface area (Å²) < 4.78 is 3.86. The lowest BCUT2D eigenvalue weighted by molar-refractivity contribution is -0.129. The highest BCUT2D eigenvalue weighted by molar-refractivity contribution is 5.98. The van der Waals surface area contributed by atoms with Crippen LogP contribution in [0.2, 0.25) is 0 Å². The Morgan fingerprint density at radius 3 is 2.28 bits per heavy atom. The third kappa shape index (κ3) is 6.97. The van der Waals surface area contributed by atoms with E-state index in [1.165, 1.54) is 19.3 Å². The first-order valence-corrected chi connectivity index (χ1v) is 16.5. The van der Waals surface area contributed by atoms with Gasteiger partial charge in [-0.2, -0.15) is 0 Å². The van der Waals surface area contributed by atoms with Crippen LogP contribution < -0.4 is 5.56 Å². The van der Waals surface area contributed by atoms with Crippen LogP contribution in [0.3, 0.4) is 0 Å². The molecule has 0 bridgehead atoms. The van der Waals surface area contributed by atoms with Crippen molar-refractivity contribution in [2.45, 2.75) is 92.7 Å². The summed E-state index contributed by atoms with van der Waals surface area (Å²) in [5, 5.41) is 0. The monoisotopic (exact) mass is 590 g/mol. The van der Waals surface area contributed by atoms with Crippen molar-refractivity contribution in [3.63, 3.8) is 0 Å². The zero-order valence-corrected chi connectivity index (χ0v) is 26.9. The quantitative estimate of drug-likeness (QED) is 0.315. The Morgan fingerprint density at radius 2 is 1.63 bits per heavy atom. The van der Waals surface area contributed by atoms with Crippen LogP contribution in [0.5, 0.6) is 0 Å². The van der Waals surface area contributed by atoms with Crippen LogP contribution in [0.25, 0.3) is 16.8 Å². The number of likely N-dealkylation sites (tertiary alicyclic amines) is 1. The van der Waals surface area contributed by atoms with E-state index in [0.29, 0.717) is 41.7 Å². The van der Waals surface area contributed by atoms with E-state index < -0.39 is 0 Å². The Hall–Kier alpha value is -3.20. The molecule has 234 valence electrons. The predicted molar refractivity (Wildman–Crippen MR) is 171 cm³/mol. The maximum absolute atomic E-state index is 14.0. The molecule has 9 nitrogen and oxygen atoms in total. The van der Waals surface area contributed by atoms with Crippen LogP contribution in [-0.2, 0) is 24.3 Å². The molecule has 0 saturated carbocycles. The van der Waals surface area contributed by atoms with Crippen molar-refractivity contribution in [1.29, 1.82) is 0 Å². The van der Waals surface area contributed by atoms with Gasteiger partial charge in [-0.25, -0.2) is 9.38 Å². The molecule has 5 rings (SSSR count). The zero-order chi connectivity index (χ0) is 30.7. The molecule has 2 amide bonds. The Labute approximate surface area is 255 Å². The number of carbonyl (C=O) groups is 2. The fourth-order valence-corrected chi connectivity index (χ4v) is 6.48. The summed E-state index contributed by atoms with van der Waals surface area (Å²) in [4.78, 5) is 51.4. The van der Waals surface area contributed by atoms with Crippen LogP contribution in [0.15, 0.2) is 23.0 Å². The van der Waals surface area contributed by atoms with Crippen molar-refractivity contribution in [1.82, 2.24) is 28.7 Å². The fourth-order valence-electron chi connectivity index (χ4n) is 6.48. The normalized spacial score (nSPS) is 16.0. The lowest BCUT2D eigenvalue weighted by atomic mass is 10.1. The Balaban J connectivity index is 1.55. The number of aryl methyl sites for hydroxylation is 1. The van der Waals surface area contributed by atoms with Crippen molar-refractivity contribution in [3.8, 4) is 0 Å². The van der Waals surface area contributed by atoms with E-state index in [2.05, 4.69) is 37.2 Å². The van der Waals surface area contributed by atoms with Gasteiger partial charge in [0.1, 0.15) is 0 Å². The average Bonchev–Trinajstić information content (AvgIpc) is 3.29. The summed E-state index contributed by atoms with van der Waals surface area (Å²) in [5.74, 6) is 1.68. The number of carbonyl (C=O) groups excluding carboxylic acids is 2. The third-order valence-electron chi connectivity index (χ3n) is 9.20. The highest BCUT2D eigenvalue weighted by atomic mass is 16.2. The lowest BCUT2D eigenvalue weighted by Crippen LogP contribution is -2.39. The number of fused-ring (bicyclic) bond motifs is 4. The van der Waals surface area contributed by atoms with Gasteiger partial charge in [-0.05, 0) is 81.8 Å². The van der Waals surface area contributed by atoms with Gasteiger partial charge in [-0.1, -0.05) is 34.1 Å². The summed E-state index contributed by atoms with van der Waals surface area (Å²) in [6.07, 6.45) is 7.26. The molecule has 9 heteroatoms. The maximum Gasteiger partial charge on any atom is 0.264 e. The molecule has 4 heterocycles. The number of hydrogen-bond acceptors (Lipinski definition) is 5. The molecular formula is C34H50N6O3. The Bertz CT molecular complexity index is 1500. The molecular weight excluding hydrogens is 540 g/mol. The number of piperidine rings is 1. The molecule has 0 unspecified atom stereocenters. The van der Waals surface area contributed by atoms with Gasteiger partial charge in [0.15, 0.2) is 0 Å². The van der Waals surface area contributed by atoms with Crippen LogP contribution in [0.4, 0.5) is 0 Å². The highest BCUT2D eigenvalue weighted by Gasteiger charge is 2.27. The number of nitrogens with zero attached hydrogens (tertiary/aromatic N) is 6. The van der Waals surface area contributed by atoms with E-state index in [9.17, 15) is 14.4 Å². The van der Waals surface area contributed by atoms with Gasteiger partial charge in [-0.15, -0.1) is 0 Å². The smallest absolute Gasteiger partial charge is 0.264 e. The SMILES string of the molecule is CC(=O)N1CCc2nc3n(CCCN4CCCCC4)c4cc(C(=O)N(CCC(C)C)CCC(C)C)ccc4n3c(=O)c2C1. The molecule has 1 saturated heterocycles. The van der Waals surface area contributed by atoms with Crippen molar-refractivity contribution >= 4 is 28.6 Å². The minimum atomic E-state index is -0.111. The summed E-state index contributed by atoms with van der Waals surface area (Å²) in [6.45, 7) is 16.7. The zero-order valence-electron chi connectivity index (χ0n) is 26.9. The first-order valence-electron chi connectivity index (χ1n) is 16.5. The van der Waals surface area contributed by atoms with E-state index in [-0.39, 0.29) is 23.9 Å². The van der Waals surface area contributed by atoms with Crippen LogP contribution in [0, 0.1) is 11.8 Å². The molecule has 0 N–H and O–H groups in total.